The van der Waals surface area contributed by atoms with Crippen molar-refractivity contribution in [3.05, 3.63) is 41.2 Å². The third-order valence-corrected chi connectivity index (χ3v) is 8.56. The van der Waals surface area contributed by atoms with Crippen molar-refractivity contribution in [3.63, 3.8) is 0 Å². The fraction of sp³-hybridized carbons (Fsp3) is 0.500. The molecule has 0 aliphatic carbocycles. The Morgan fingerprint density at radius 1 is 1.30 bits per heavy atom. The van der Waals surface area contributed by atoms with Gasteiger partial charge in [-0.1, -0.05) is 20.3 Å². The predicted octanol–water partition coefficient (Wildman–Crippen LogP) is 3.16. The number of nitrogens with zero attached hydrogens (tertiary/aromatic N) is 2. The lowest BCUT2D eigenvalue weighted by Gasteiger charge is -2.32. The summed E-state index contributed by atoms with van der Waals surface area (Å²) in [6, 6.07) is 3.87. The van der Waals surface area contributed by atoms with Crippen LogP contribution in [0.15, 0.2) is 35.4 Å². The molecule has 3 rings (SSSR count). The van der Waals surface area contributed by atoms with Crippen molar-refractivity contribution >= 4 is 38.3 Å². The number of rotatable bonds is 8. The molecule has 2 N–H and O–H groups in total. The lowest BCUT2D eigenvalue weighted by Crippen LogP contribution is -2.52. The van der Waals surface area contributed by atoms with Crippen LogP contribution in [-0.2, 0) is 19.6 Å². The summed E-state index contributed by atoms with van der Waals surface area (Å²) in [6.07, 6.45) is 3.36. The molecule has 0 saturated carbocycles. The number of anilines is 1. The number of hydrogen-bond acceptors (Lipinski definition) is 6. The Kier molecular flexibility index (Phi) is 8.19. The normalized spacial score (nSPS) is 19.0. The second-order valence-corrected chi connectivity index (χ2v) is 11.5. The molecule has 1 aromatic heterocycles. The Morgan fingerprint density at radius 2 is 2.00 bits per heavy atom. The zero-order chi connectivity index (χ0) is 24.2. The highest BCUT2D eigenvalue weighted by molar-refractivity contribution is 7.89. The van der Waals surface area contributed by atoms with Crippen LogP contribution in [-0.4, -0.2) is 48.7 Å². The van der Waals surface area contributed by atoms with Crippen molar-refractivity contribution < 1.29 is 22.4 Å². The van der Waals surface area contributed by atoms with Crippen LogP contribution in [0.4, 0.5) is 9.52 Å². The Labute approximate surface area is 197 Å². The maximum Gasteiger partial charge on any atom is 0.249 e. The van der Waals surface area contributed by atoms with E-state index in [2.05, 4.69) is 15.6 Å². The van der Waals surface area contributed by atoms with Gasteiger partial charge in [-0.3, -0.25) is 9.59 Å². The molecule has 1 fully saturated rings. The standard InChI is InChI=1S/C22H29FN4O4S2/c1-4-14(2)19(21(29)26-22-24-12-15(3)32-22)25-20(28)16-6-5-11-27(13-16)33(30,31)18-9-7-17(23)8-10-18/h7-10,12,14,16,19H,4-6,11,13H2,1-3H3,(H,25,28)(H,24,26,29)/t14-,16+,19+/m1/s1. The van der Waals surface area contributed by atoms with Crippen molar-refractivity contribution in [2.75, 3.05) is 18.4 Å². The van der Waals surface area contributed by atoms with Gasteiger partial charge in [-0.2, -0.15) is 4.31 Å². The third kappa shape index (κ3) is 6.15. The molecule has 0 spiro atoms. The first-order valence-electron chi connectivity index (χ1n) is 10.9. The Hall–Kier alpha value is -2.37. The van der Waals surface area contributed by atoms with Gasteiger partial charge in [0.25, 0.3) is 0 Å². The molecule has 2 heterocycles. The molecular weight excluding hydrogens is 467 g/mol. The van der Waals surface area contributed by atoms with Crippen LogP contribution in [0.2, 0.25) is 0 Å². The van der Waals surface area contributed by atoms with Crippen LogP contribution >= 0.6 is 11.3 Å². The lowest BCUT2D eigenvalue weighted by molar-refractivity contribution is -0.131. The molecule has 1 aliphatic heterocycles. The van der Waals surface area contributed by atoms with Gasteiger partial charge in [0.05, 0.1) is 10.8 Å². The van der Waals surface area contributed by atoms with Gasteiger partial charge in [0.1, 0.15) is 11.9 Å². The summed E-state index contributed by atoms with van der Waals surface area (Å²) < 4.78 is 40.4. The van der Waals surface area contributed by atoms with Crippen molar-refractivity contribution in [2.24, 2.45) is 11.8 Å². The first-order valence-corrected chi connectivity index (χ1v) is 13.2. The Morgan fingerprint density at radius 3 is 2.61 bits per heavy atom. The average molecular weight is 497 g/mol. The van der Waals surface area contributed by atoms with E-state index in [1.807, 2.05) is 20.8 Å². The molecule has 180 valence electrons. The molecule has 0 bridgehead atoms. The number of benzene rings is 1. The number of nitrogens with one attached hydrogen (secondary N) is 2. The van der Waals surface area contributed by atoms with Gasteiger partial charge in [0.2, 0.25) is 21.8 Å². The minimum Gasteiger partial charge on any atom is -0.344 e. The van der Waals surface area contributed by atoms with Crippen LogP contribution in [0.25, 0.3) is 0 Å². The molecule has 2 aromatic rings. The van der Waals surface area contributed by atoms with E-state index in [9.17, 15) is 22.4 Å². The van der Waals surface area contributed by atoms with E-state index in [0.717, 1.165) is 17.0 Å². The summed E-state index contributed by atoms with van der Waals surface area (Å²) in [5.41, 5.74) is 0. The number of aromatic nitrogens is 1. The smallest absolute Gasteiger partial charge is 0.249 e. The SMILES string of the molecule is CC[C@@H](C)[C@H](NC(=O)[C@H]1CCCN(S(=O)(=O)c2ccc(F)cc2)C1)C(=O)Nc1ncc(C)s1. The van der Waals surface area contributed by atoms with Crippen LogP contribution in [0.1, 0.15) is 38.0 Å². The molecule has 1 aromatic carbocycles. The molecule has 3 atom stereocenters. The van der Waals surface area contributed by atoms with Gasteiger partial charge in [0, 0.05) is 24.2 Å². The summed E-state index contributed by atoms with van der Waals surface area (Å²) in [4.78, 5) is 31.0. The van der Waals surface area contributed by atoms with E-state index in [0.29, 0.717) is 24.4 Å². The van der Waals surface area contributed by atoms with E-state index in [1.165, 1.54) is 27.8 Å². The average Bonchev–Trinajstić information content (AvgIpc) is 3.21. The molecule has 2 amide bonds. The second kappa shape index (κ2) is 10.7. The Balaban J connectivity index is 1.70. The van der Waals surface area contributed by atoms with E-state index in [1.54, 1.807) is 6.20 Å². The molecule has 0 unspecified atom stereocenters. The number of halogens is 1. The minimum absolute atomic E-state index is 0.00601. The monoisotopic (exact) mass is 496 g/mol. The summed E-state index contributed by atoms with van der Waals surface area (Å²) in [5, 5.41) is 6.07. The topological polar surface area (TPSA) is 108 Å². The van der Waals surface area contributed by atoms with Crippen LogP contribution < -0.4 is 10.6 Å². The van der Waals surface area contributed by atoms with Crippen LogP contribution in [0.5, 0.6) is 0 Å². The summed E-state index contributed by atoms with van der Waals surface area (Å²) >= 11 is 1.35. The van der Waals surface area contributed by atoms with Crippen LogP contribution in [0, 0.1) is 24.6 Å². The maximum atomic E-state index is 13.2. The van der Waals surface area contributed by atoms with Crippen molar-refractivity contribution in [1.29, 1.82) is 0 Å². The largest absolute Gasteiger partial charge is 0.344 e. The quantitative estimate of drug-likeness (QED) is 0.584. The number of aryl methyl sites for hydroxylation is 1. The van der Waals surface area contributed by atoms with Gasteiger partial charge in [-0.05, 0) is 49.9 Å². The van der Waals surface area contributed by atoms with E-state index in [-0.39, 0.29) is 35.7 Å². The highest BCUT2D eigenvalue weighted by atomic mass is 32.2. The molecule has 11 heteroatoms. The first kappa shape index (κ1) is 25.3. The van der Waals surface area contributed by atoms with Crippen LogP contribution in [0.3, 0.4) is 0 Å². The molecule has 8 nitrogen and oxygen atoms in total. The van der Waals surface area contributed by atoms with Gasteiger partial charge in [-0.15, -0.1) is 11.3 Å². The number of piperidine rings is 1. The molecule has 1 aliphatic rings. The Bertz CT molecular complexity index is 1090. The fourth-order valence-corrected chi connectivity index (χ4v) is 5.89. The zero-order valence-corrected chi connectivity index (χ0v) is 20.5. The lowest BCUT2D eigenvalue weighted by atomic mass is 9.95. The number of sulfonamides is 1. The number of hydrogen-bond donors (Lipinski definition) is 2. The number of carbonyl (C=O) groups is 2. The second-order valence-electron chi connectivity index (χ2n) is 8.29. The van der Waals surface area contributed by atoms with Crippen molar-refractivity contribution in [1.82, 2.24) is 14.6 Å². The predicted molar refractivity (Wildman–Crippen MR) is 125 cm³/mol. The van der Waals surface area contributed by atoms with Gasteiger partial charge in [-0.25, -0.2) is 17.8 Å². The highest BCUT2D eigenvalue weighted by Crippen LogP contribution is 2.25. The van der Waals surface area contributed by atoms with E-state index >= 15 is 0 Å². The number of carbonyl (C=O) groups excluding carboxylic acids is 2. The van der Waals surface area contributed by atoms with E-state index < -0.39 is 27.8 Å². The molecule has 0 radical (unpaired) electrons. The molecular formula is C22H29FN4O4S2. The van der Waals surface area contributed by atoms with Gasteiger partial charge >= 0.3 is 0 Å². The summed E-state index contributed by atoms with van der Waals surface area (Å²) in [5.74, 6) is -1.94. The number of amides is 2. The van der Waals surface area contributed by atoms with Gasteiger partial charge < -0.3 is 10.6 Å². The fourth-order valence-electron chi connectivity index (χ4n) is 3.70. The summed E-state index contributed by atoms with van der Waals surface area (Å²) in [6.45, 7) is 5.98. The van der Waals surface area contributed by atoms with Crippen molar-refractivity contribution in [3.8, 4) is 0 Å². The zero-order valence-electron chi connectivity index (χ0n) is 18.9. The summed E-state index contributed by atoms with van der Waals surface area (Å²) in [7, 11) is -3.85. The van der Waals surface area contributed by atoms with Gasteiger partial charge in [0.15, 0.2) is 5.13 Å². The minimum atomic E-state index is -3.85. The van der Waals surface area contributed by atoms with E-state index in [4.69, 9.17) is 0 Å². The third-order valence-electron chi connectivity index (χ3n) is 5.85. The highest BCUT2D eigenvalue weighted by Gasteiger charge is 2.35. The van der Waals surface area contributed by atoms with Crippen molar-refractivity contribution in [2.45, 2.75) is 51.0 Å². The molecule has 33 heavy (non-hydrogen) atoms. The number of thiazole rings is 1. The molecule has 1 saturated heterocycles. The first-order chi connectivity index (χ1) is 15.6. The maximum absolute atomic E-state index is 13.2.